The number of carbonyl (C=O) groups excluding carboxylic acids is 1. The predicted molar refractivity (Wildman–Crippen MR) is 73.8 cm³/mol. The van der Waals surface area contributed by atoms with E-state index in [9.17, 15) is 15.0 Å². The molecule has 0 aromatic heterocycles. The molecule has 2 N–H and O–H groups in total. The Labute approximate surface area is 117 Å². The Bertz CT molecular complexity index is 568. The molecule has 0 aliphatic heterocycles. The van der Waals surface area contributed by atoms with Gasteiger partial charge < -0.3 is 14.9 Å². The van der Waals surface area contributed by atoms with Gasteiger partial charge in [0.05, 0.1) is 7.11 Å². The van der Waals surface area contributed by atoms with Crippen molar-refractivity contribution in [1.29, 1.82) is 0 Å². The molecule has 2 atom stereocenters. The normalized spacial score (nSPS) is 15.2. The summed E-state index contributed by atoms with van der Waals surface area (Å²) >= 11 is 0. The number of hydrogen-bond acceptors (Lipinski definition) is 4. The second kappa shape index (κ2) is 5.86. The fourth-order valence-corrected chi connectivity index (χ4v) is 2.11. The molecule has 0 radical (unpaired) electrons. The van der Waals surface area contributed by atoms with Crippen molar-refractivity contribution in [1.82, 2.24) is 0 Å². The van der Waals surface area contributed by atoms with Gasteiger partial charge in [0.2, 0.25) is 5.60 Å². The highest BCUT2D eigenvalue weighted by atomic mass is 16.5. The molecule has 2 aromatic carbocycles. The van der Waals surface area contributed by atoms with Gasteiger partial charge in [-0.15, -0.1) is 0 Å². The van der Waals surface area contributed by atoms with E-state index >= 15 is 0 Å². The number of aliphatic hydroxyl groups excluding tert-OH is 1. The van der Waals surface area contributed by atoms with Gasteiger partial charge in [-0.25, -0.2) is 4.79 Å². The molecule has 0 fully saturated rings. The van der Waals surface area contributed by atoms with Crippen LogP contribution in [-0.2, 0) is 15.1 Å². The number of methoxy groups -OCH3 is 1. The van der Waals surface area contributed by atoms with E-state index in [1.54, 1.807) is 60.7 Å². The minimum Gasteiger partial charge on any atom is -0.467 e. The van der Waals surface area contributed by atoms with Gasteiger partial charge in [-0.05, 0) is 11.1 Å². The summed E-state index contributed by atoms with van der Waals surface area (Å²) in [6.07, 6.45) is -1.42. The summed E-state index contributed by atoms with van der Waals surface area (Å²) in [5.41, 5.74) is -1.43. The first kappa shape index (κ1) is 14.2. The zero-order valence-electron chi connectivity index (χ0n) is 11.1. The van der Waals surface area contributed by atoms with Gasteiger partial charge in [0.25, 0.3) is 0 Å². The van der Waals surface area contributed by atoms with Gasteiger partial charge in [0.1, 0.15) is 6.10 Å². The maximum Gasteiger partial charge on any atom is 0.345 e. The summed E-state index contributed by atoms with van der Waals surface area (Å²) in [5.74, 6) is -0.903. The van der Waals surface area contributed by atoms with Gasteiger partial charge in [0, 0.05) is 0 Å². The highest BCUT2D eigenvalue weighted by molar-refractivity contribution is 5.82. The van der Waals surface area contributed by atoms with Crippen LogP contribution >= 0.6 is 0 Å². The molecule has 4 nitrogen and oxygen atoms in total. The number of ether oxygens (including phenoxy) is 1. The Balaban J connectivity index is 2.51. The second-order valence-corrected chi connectivity index (χ2v) is 4.44. The fourth-order valence-electron chi connectivity index (χ4n) is 2.11. The third kappa shape index (κ3) is 2.43. The van der Waals surface area contributed by atoms with Crippen molar-refractivity contribution in [3.05, 3.63) is 71.8 Å². The van der Waals surface area contributed by atoms with Gasteiger partial charge in [-0.3, -0.25) is 0 Å². The van der Waals surface area contributed by atoms with Crippen molar-refractivity contribution in [2.24, 2.45) is 0 Å². The molecule has 0 aliphatic carbocycles. The van der Waals surface area contributed by atoms with Crippen molar-refractivity contribution >= 4 is 5.97 Å². The van der Waals surface area contributed by atoms with E-state index < -0.39 is 17.7 Å². The van der Waals surface area contributed by atoms with Gasteiger partial charge in [0.15, 0.2) is 0 Å². The van der Waals surface area contributed by atoms with E-state index in [2.05, 4.69) is 4.74 Å². The van der Waals surface area contributed by atoms with Crippen molar-refractivity contribution in [3.63, 3.8) is 0 Å². The molecule has 20 heavy (non-hydrogen) atoms. The van der Waals surface area contributed by atoms with E-state index in [0.29, 0.717) is 5.56 Å². The molecule has 104 valence electrons. The minimum atomic E-state index is -2.14. The molecule has 0 bridgehead atoms. The number of benzene rings is 2. The summed E-state index contributed by atoms with van der Waals surface area (Å²) in [7, 11) is 1.17. The molecule has 0 saturated heterocycles. The van der Waals surface area contributed by atoms with E-state index in [1.807, 2.05) is 0 Å². The molecular weight excluding hydrogens is 256 g/mol. The lowest BCUT2D eigenvalue weighted by molar-refractivity contribution is -0.178. The Morgan fingerprint density at radius 1 is 1.05 bits per heavy atom. The molecule has 0 unspecified atom stereocenters. The average Bonchev–Trinajstić information content (AvgIpc) is 2.54. The molecule has 2 aromatic rings. The zero-order valence-corrected chi connectivity index (χ0v) is 11.1. The summed E-state index contributed by atoms with van der Waals surface area (Å²) in [6, 6.07) is 16.8. The Hall–Kier alpha value is -2.17. The number of hydrogen-bond donors (Lipinski definition) is 2. The first-order valence-corrected chi connectivity index (χ1v) is 6.20. The third-order valence-corrected chi connectivity index (χ3v) is 3.22. The predicted octanol–water partition coefficient (Wildman–Crippen LogP) is 1.78. The minimum absolute atomic E-state index is 0.281. The summed E-state index contributed by atoms with van der Waals surface area (Å²) in [4.78, 5) is 12.0. The van der Waals surface area contributed by atoms with Crippen molar-refractivity contribution in [2.45, 2.75) is 11.7 Å². The van der Waals surface area contributed by atoms with E-state index in [1.165, 1.54) is 7.11 Å². The molecule has 0 aliphatic rings. The molecular formula is C16H16O4. The lowest BCUT2D eigenvalue weighted by Gasteiger charge is -2.30. The summed E-state index contributed by atoms with van der Waals surface area (Å²) in [5, 5.41) is 21.2. The number of esters is 1. The van der Waals surface area contributed by atoms with Gasteiger partial charge in [-0.2, -0.15) is 0 Å². The molecule has 4 heteroatoms. The van der Waals surface area contributed by atoms with E-state index in [0.717, 1.165) is 0 Å². The summed E-state index contributed by atoms with van der Waals surface area (Å²) < 4.78 is 4.66. The zero-order chi connectivity index (χ0) is 14.6. The maximum atomic E-state index is 12.0. The van der Waals surface area contributed by atoms with Crippen LogP contribution in [0.4, 0.5) is 0 Å². The lowest BCUT2D eigenvalue weighted by atomic mass is 9.84. The Kier molecular flexibility index (Phi) is 4.17. The third-order valence-electron chi connectivity index (χ3n) is 3.22. The van der Waals surface area contributed by atoms with Crippen LogP contribution in [0.25, 0.3) is 0 Å². The van der Waals surface area contributed by atoms with Gasteiger partial charge >= 0.3 is 5.97 Å². The first-order chi connectivity index (χ1) is 9.60. The quantitative estimate of drug-likeness (QED) is 0.833. The standard InChI is InChI=1S/C16H16O4/c1-20-15(18)16(19,13-10-6-3-7-11-13)14(17)12-8-4-2-5-9-12/h2-11,14,17,19H,1H3/t14-,16+/m1/s1. The van der Waals surface area contributed by atoms with Crippen molar-refractivity contribution in [2.75, 3.05) is 7.11 Å². The number of aliphatic hydroxyl groups is 2. The van der Waals surface area contributed by atoms with Crippen LogP contribution in [0.15, 0.2) is 60.7 Å². The van der Waals surface area contributed by atoms with Gasteiger partial charge in [-0.1, -0.05) is 60.7 Å². The van der Waals surface area contributed by atoms with Crippen LogP contribution in [0.3, 0.4) is 0 Å². The molecule has 2 rings (SSSR count). The monoisotopic (exact) mass is 272 g/mol. The Morgan fingerprint density at radius 3 is 2.05 bits per heavy atom. The van der Waals surface area contributed by atoms with Crippen molar-refractivity contribution < 1.29 is 19.7 Å². The number of rotatable bonds is 4. The highest BCUT2D eigenvalue weighted by Crippen LogP contribution is 2.36. The highest BCUT2D eigenvalue weighted by Gasteiger charge is 2.47. The van der Waals surface area contributed by atoms with Crippen LogP contribution in [0, 0.1) is 0 Å². The average molecular weight is 272 g/mol. The molecule has 0 saturated carbocycles. The van der Waals surface area contributed by atoms with Crippen LogP contribution in [0.5, 0.6) is 0 Å². The van der Waals surface area contributed by atoms with E-state index in [-0.39, 0.29) is 5.56 Å². The smallest absolute Gasteiger partial charge is 0.345 e. The van der Waals surface area contributed by atoms with Crippen LogP contribution in [0.1, 0.15) is 17.2 Å². The largest absolute Gasteiger partial charge is 0.467 e. The van der Waals surface area contributed by atoms with Crippen LogP contribution in [0.2, 0.25) is 0 Å². The topological polar surface area (TPSA) is 66.8 Å². The molecule has 0 spiro atoms. The molecule has 0 heterocycles. The maximum absolute atomic E-state index is 12.0. The van der Waals surface area contributed by atoms with E-state index in [4.69, 9.17) is 0 Å². The van der Waals surface area contributed by atoms with Crippen LogP contribution < -0.4 is 0 Å². The molecule has 0 amide bonds. The number of carbonyl (C=O) groups is 1. The SMILES string of the molecule is COC(=O)[C@](O)(c1ccccc1)[C@H](O)c1ccccc1. The first-order valence-electron chi connectivity index (χ1n) is 6.20. The Morgan fingerprint density at radius 2 is 1.55 bits per heavy atom. The van der Waals surface area contributed by atoms with Crippen molar-refractivity contribution in [3.8, 4) is 0 Å². The van der Waals surface area contributed by atoms with Crippen LogP contribution in [-0.4, -0.2) is 23.3 Å². The lowest BCUT2D eigenvalue weighted by Crippen LogP contribution is -2.42. The summed E-state index contributed by atoms with van der Waals surface area (Å²) in [6.45, 7) is 0. The second-order valence-electron chi connectivity index (χ2n) is 4.44. The fraction of sp³-hybridized carbons (Fsp3) is 0.188.